The Bertz CT molecular complexity index is 909. The van der Waals surface area contributed by atoms with E-state index in [-0.39, 0.29) is 23.9 Å². The SMILES string of the molecule is COc1cccc(OC)c1C1CC(C)C(=O)N1Cc1cccc(F)c1OC(F)(F)F. The molecule has 2 unspecified atom stereocenters. The molecule has 0 spiro atoms. The van der Waals surface area contributed by atoms with Crippen molar-refractivity contribution in [3.63, 3.8) is 0 Å². The van der Waals surface area contributed by atoms with Gasteiger partial charge >= 0.3 is 6.36 Å². The predicted molar refractivity (Wildman–Crippen MR) is 99.7 cm³/mol. The van der Waals surface area contributed by atoms with Gasteiger partial charge in [0.25, 0.3) is 0 Å². The topological polar surface area (TPSA) is 48.0 Å². The monoisotopic (exact) mass is 427 g/mol. The fraction of sp³-hybridized carbons (Fsp3) is 0.381. The van der Waals surface area contributed by atoms with Gasteiger partial charge in [-0.1, -0.05) is 25.1 Å². The van der Waals surface area contributed by atoms with Crippen LogP contribution >= 0.6 is 0 Å². The summed E-state index contributed by atoms with van der Waals surface area (Å²) in [5.41, 5.74) is 0.517. The van der Waals surface area contributed by atoms with E-state index in [1.54, 1.807) is 25.1 Å². The van der Waals surface area contributed by atoms with Crippen molar-refractivity contribution in [2.75, 3.05) is 14.2 Å². The summed E-state index contributed by atoms with van der Waals surface area (Å²) in [6.45, 7) is 1.47. The van der Waals surface area contributed by atoms with Gasteiger partial charge in [-0.15, -0.1) is 13.2 Å². The molecule has 30 heavy (non-hydrogen) atoms. The van der Waals surface area contributed by atoms with Gasteiger partial charge in [0.05, 0.1) is 32.4 Å². The Labute approximate surface area is 171 Å². The number of methoxy groups -OCH3 is 2. The average Bonchev–Trinajstić information content (AvgIpc) is 2.97. The van der Waals surface area contributed by atoms with Gasteiger partial charge in [-0.3, -0.25) is 4.79 Å². The maximum absolute atomic E-state index is 14.1. The Kier molecular flexibility index (Phi) is 6.09. The van der Waals surface area contributed by atoms with E-state index >= 15 is 0 Å². The molecular weight excluding hydrogens is 406 g/mol. The summed E-state index contributed by atoms with van der Waals surface area (Å²) in [7, 11) is 2.95. The van der Waals surface area contributed by atoms with E-state index < -0.39 is 24.0 Å². The molecule has 2 aromatic carbocycles. The zero-order valence-corrected chi connectivity index (χ0v) is 16.6. The molecule has 0 aromatic heterocycles. The first-order valence-corrected chi connectivity index (χ1v) is 9.20. The Morgan fingerprint density at radius 2 is 1.67 bits per heavy atom. The van der Waals surface area contributed by atoms with Crippen LogP contribution in [0.1, 0.15) is 30.5 Å². The normalized spacial score (nSPS) is 19.2. The number of nitrogens with zero attached hydrogens (tertiary/aromatic N) is 1. The summed E-state index contributed by atoms with van der Waals surface area (Å²) >= 11 is 0. The molecule has 1 amide bonds. The Morgan fingerprint density at radius 3 is 2.23 bits per heavy atom. The van der Waals surface area contributed by atoms with E-state index in [1.165, 1.54) is 31.3 Å². The molecule has 1 aliphatic heterocycles. The number of alkyl halides is 3. The van der Waals surface area contributed by atoms with Crippen LogP contribution < -0.4 is 14.2 Å². The van der Waals surface area contributed by atoms with Crippen LogP contribution in [-0.2, 0) is 11.3 Å². The molecule has 9 heteroatoms. The average molecular weight is 427 g/mol. The van der Waals surface area contributed by atoms with Crippen molar-refractivity contribution in [3.05, 3.63) is 53.3 Å². The lowest BCUT2D eigenvalue weighted by Gasteiger charge is -2.28. The Morgan fingerprint density at radius 1 is 1.07 bits per heavy atom. The predicted octanol–water partition coefficient (Wildman–Crippen LogP) is 4.85. The number of halogens is 4. The van der Waals surface area contributed by atoms with Gasteiger partial charge < -0.3 is 19.1 Å². The highest BCUT2D eigenvalue weighted by atomic mass is 19.4. The number of ether oxygens (including phenoxy) is 3. The number of rotatable bonds is 6. The molecule has 0 bridgehead atoms. The highest BCUT2D eigenvalue weighted by Crippen LogP contribution is 2.45. The smallest absolute Gasteiger partial charge is 0.496 e. The summed E-state index contributed by atoms with van der Waals surface area (Å²) in [6.07, 6.45) is -4.66. The molecule has 0 saturated carbocycles. The number of likely N-dealkylation sites (tertiary alicyclic amines) is 1. The van der Waals surface area contributed by atoms with Crippen LogP contribution in [0.25, 0.3) is 0 Å². The molecule has 1 heterocycles. The van der Waals surface area contributed by atoms with E-state index in [1.807, 2.05) is 0 Å². The number of carbonyl (C=O) groups is 1. The van der Waals surface area contributed by atoms with Gasteiger partial charge in [-0.05, 0) is 24.6 Å². The van der Waals surface area contributed by atoms with Crippen LogP contribution in [0, 0.1) is 11.7 Å². The fourth-order valence-electron chi connectivity index (χ4n) is 3.76. The van der Waals surface area contributed by atoms with Crippen LogP contribution in [0.4, 0.5) is 17.6 Å². The molecule has 2 aromatic rings. The third-order valence-corrected chi connectivity index (χ3v) is 5.06. The molecule has 3 rings (SSSR count). The lowest BCUT2D eigenvalue weighted by atomic mass is 9.98. The summed E-state index contributed by atoms with van der Waals surface area (Å²) in [5.74, 6) is -1.78. The number of para-hydroxylation sites is 1. The summed E-state index contributed by atoms with van der Waals surface area (Å²) in [5, 5.41) is 0. The maximum atomic E-state index is 14.1. The summed E-state index contributed by atoms with van der Waals surface area (Å²) < 4.78 is 67.2. The second-order valence-corrected chi connectivity index (χ2v) is 6.97. The molecule has 0 aliphatic carbocycles. The molecular formula is C21H21F4NO4. The molecule has 162 valence electrons. The van der Waals surface area contributed by atoms with E-state index in [9.17, 15) is 22.4 Å². The molecule has 0 N–H and O–H groups in total. The second-order valence-electron chi connectivity index (χ2n) is 6.97. The van der Waals surface area contributed by atoms with Crippen molar-refractivity contribution in [2.45, 2.75) is 32.3 Å². The minimum absolute atomic E-state index is 0.0892. The number of benzene rings is 2. The lowest BCUT2D eigenvalue weighted by Crippen LogP contribution is -2.30. The minimum atomic E-state index is -5.06. The van der Waals surface area contributed by atoms with Crippen LogP contribution in [0.5, 0.6) is 17.2 Å². The van der Waals surface area contributed by atoms with Gasteiger partial charge in [0.2, 0.25) is 5.91 Å². The molecule has 0 radical (unpaired) electrons. The van der Waals surface area contributed by atoms with E-state index in [0.717, 1.165) is 6.07 Å². The van der Waals surface area contributed by atoms with Gasteiger partial charge in [-0.25, -0.2) is 4.39 Å². The Hall–Kier alpha value is -2.97. The number of amides is 1. The van der Waals surface area contributed by atoms with E-state index in [4.69, 9.17) is 9.47 Å². The molecule has 1 aliphatic rings. The minimum Gasteiger partial charge on any atom is -0.496 e. The summed E-state index contributed by atoms with van der Waals surface area (Å²) in [6, 6.07) is 8.08. The van der Waals surface area contributed by atoms with Crippen LogP contribution in [0.2, 0.25) is 0 Å². The highest BCUT2D eigenvalue weighted by Gasteiger charge is 2.41. The standard InChI is InChI=1S/C21H21F4NO4/c1-12-10-15(18-16(28-2)8-5-9-17(18)29-3)26(20(12)27)11-13-6-4-7-14(22)19(13)30-21(23,24)25/h4-9,12,15H,10-11H2,1-3H3. The lowest BCUT2D eigenvalue weighted by molar-refractivity contribution is -0.276. The first kappa shape index (κ1) is 21.7. The van der Waals surface area contributed by atoms with Crippen LogP contribution in [0.15, 0.2) is 36.4 Å². The largest absolute Gasteiger partial charge is 0.573 e. The molecule has 1 fully saturated rings. The second kappa shape index (κ2) is 8.41. The molecule has 1 saturated heterocycles. The number of carbonyl (C=O) groups excluding carboxylic acids is 1. The van der Waals surface area contributed by atoms with E-state index in [2.05, 4.69) is 4.74 Å². The van der Waals surface area contributed by atoms with E-state index in [0.29, 0.717) is 23.5 Å². The van der Waals surface area contributed by atoms with Crippen molar-refractivity contribution < 1.29 is 36.6 Å². The fourth-order valence-corrected chi connectivity index (χ4v) is 3.76. The quantitative estimate of drug-likeness (QED) is 0.619. The first-order valence-electron chi connectivity index (χ1n) is 9.20. The van der Waals surface area contributed by atoms with Gasteiger partial charge in [0.15, 0.2) is 11.6 Å². The zero-order valence-electron chi connectivity index (χ0n) is 16.6. The van der Waals surface area contributed by atoms with Crippen molar-refractivity contribution in [1.29, 1.82) is 0 Å². The van der Waals surface area contributed by atoms with Gasteiger partial charge in [0.1, 0.15) is 11.5 Å². The zero-order chi connectivity index (χ0) is 22.1. The van der Waals surface area contributed by atoms with Crippen molar-refractivity contribution >= 4 is 5.91 Å². The van der Waals surface area contributed by atoms with Crippen molar-refractivity contribution in [2.24, 2.45) is 5.92 Å². The summed E-state index contributed by atoms with van der Waals surface area (Å²) in [4.78, 5) is 14.3. The Balaban J connectivity index is 2.04. The number of hydrogen-bond acceptors (Lipinski definition) is 4. The highest BCUT2D eigenvalue weighted by molar-refractivity contribution is 5.82. The maximum Gasteiger partial charge on any atom is 0.573 e. The van der Waals surface area contributed by atoms with Crippen LogP contribution in [-0.4, -0.2) is 31.4 Å². The molecule has 2 atom stereocenters. The first-order chi connectivity index (χ1) is 14.2. The third-order valence-electron chi connectivity index (χ3n) is 5.06. The van der Waals surface area contributed by atoms with Crippen molar-refractivity contribution in [1.82, 2.24) is 4.90 Å². The van der Waals surface area contributed by atoms with Gasteiger partial charge in [-0.2, -0.15) is 0 Å². The van der Waals surface area contributed by atoms with Gasteiger partial charge in [0, 0.05) is 11.5 Å². The number of hydrogen-bond donors (Lipinski definition) is 0. The molecule has 5 nitrogen and oxygen atoms in total. The van der Waals surface area contributed by atoms with Crippen LogP contribution in [0.3, 0.4) is 0 Å². The third kappa shape index (κ3) is 4.29. The van der Waals surface area contributed by atoms with Crippen molar-refractivity contribution in [3.8, 4) is 17.2 Å².